The second-order valence-corrected chi connectivity index (χ2v) is 7.28. The molecule has 1 atom stereocenters. The largest absolute Gasteiger partial charge is 0.497 e. The number of non-ortho nitro benzene ring substituents is 1. The first-order valence-electron chi connectivity index (χ1n) is 9.55. The van der Waals surface area contributed by atoms with Crippen molar-refractivity contribution in [3.63, 3.8) is 0 Å². The van der Waals surface area contributed by atoms with Crippen LogP contribution in [0, 0.1) is 10.1 Å². The van der Waals surface area contributed by atoms with Crippen LogP contribution < -0.4 is 4.74 Å². The summed E-state index contributed by atoms with van der Waals surface area (Å²) in [6.07, 6.45) is 3.60. The molecule has 0 bridgehead atoms. The second-order valence-electron chi connectivity index (χ2n) is 7.28. The summed E-state index contributed by atoms with van der Waals surface area (Å²) in [5.74, 6) is 0.748. The van der Waals surface area contributed by atoms with Gasteiger partial charge in [-0.1, -0.05) is 12.1 Å². The summed E-state index contributed by atoms with van der Waals surface area (Å²) < 4.78 is 7.41. The lowest BCUT2D eigenvalue weighted by atomic mass is 9.94. The molecular weight excluding hydrogens is 358 g/mol. The second kappa shape index (κ2) is 7.24. The van der Waals surface area contributed by atoms with Crippen LogP contribution in [-0.4, -0.2) is 45.6 Å². The molecule has 0 spiro atoms. The monoisotopic (exact) mass is 382 g/mol. The molecule has 0 saturated carbocycles. The number of rotatable bonds is 4. The quantitative estimate of drug-likeness (QED) is 0.499. The van der Waals surface area contributed by atoms with Crippen molar-refractivity contribution < 1.29 is 19.5 Å². The molecule has 0 aliphatic carbocycles. The summed E-state index contributed by atoms with van der Waals surface area (Å²) >= 11 is 0. The zero-order valence-electron chi connectivity index (χ0n) is 15.9. The van der Waals surface area contributed by atoms with Crippen LogP contribution in [0.15, 0.2) is 48.5 Å². The Morgan fingerprint density at radius 1 is 1.11 bits per heavy atom. The molecule has 2 heterocycles. The van der Waals surface area contributed by atoms with Crippen LogP contribution in [0.2, 0.25) is 0 Å². The van der Waals surface area contributed by atoms with Crippen LogP contribution in [0.4, 0.5) is 5.69 Å². The number of hydrogen-bond acceptors (Lipinski definition) is 5. The van der Waals surface area contributed by atoms with Crippen LogP contribution in [0.1, 0.15) is 36.8 Å². The fraction of sp³-hybridized carbons (Fsp3) is 0.381. The number of nitro benzene ring substituents is 1. The lowest BCUT2D eigenvalue weighted by molar-refractivity contribution is -0.706. The van der Waals surface area contributed by atoms with Gasteiger partial charge in [-0.2, -0.15) is 0 Å². The Morgan fingerprint density at radius 3 is 2.46 bits per heavy atom. The third-order valence-corrected chi connectivity index (χ3v) is 5.65. The Bertz CT molecular complexity index is 908. The average molecular weight is 382 g/mol. The summed E-state index contributed by atoms with van der Waals surface area (Å²) in [7, 11) is 1.62. The predicted molar refractivity (Wildman–Crippen MR) is 104 cm³/mol. The third-order valence-electron chi connectivity index (χ3n) is 5.65. The lowest BCUT2D eigenvalue weighted by Gasteiger charge is -2.30. The SMILES string of the molecule is COc1ccc([C@]2(O)CC(c3ccc([N+](=O)[O-])cc3)=[N+]3CCCCCN32)cc1. The van der Waals surface area contributed by atoms with E-state index in [0.717, 1.165) is 54.9 Å². The van der Waals surface area contributed by atoms with Crippen molar-refractivity contribution in [2.24, 2.45) is 0 Å². The number of nitrogens with zero attached hydrogens (tertiary/aromatic N) is 3. The summed E-state index contributed by atoms with van der Waals surface area (Å²) in [5, 5.41) is 24.8. The number of ether oxygens (including phenoxy) is 1. The van der Waals surface area contributed by atoms with E-state index in [1.807, 2.05) is 24.3 Å². The molecule has 0 aromatic heterocycles. The molecule has 7 heteroatoms. The molecule has 0 amide bonds. The number of fused-ring (bicyclic) bond motifs is 1. The minimum atomic E-state index is -1.15. The normalized spacial score (nSPS) is 22.0. The molecule has 0 unspecified atom stereocenters. The Hall–Kier alpha value is -2.93. The van der Waals surface area contributed by atoms with Crippen molar-refractivity contribution in [1.29, 1.82) is 0 Å². The number of aliphatic hydroxyl groups is 1. The van der Waals surface area contributed by atoms with E-state index in [4.69, 9.17) is 4.74 Å². The fourth-order valence-electron chi connectivity index (χ4n) is 4.16. The highest BCUT2D eigenvalue weighted by Crippen LogP contribution is 2.38. The maximum absolute atomic E-state index is 11.7. The predicted octanol–water partition coefficient (Wildman–Crippen LogP) is 3.05. The molecule has 0 radical (unpaired) electrons. The number of benzene rings is 2. The Kier molecular flexibility index (Phi) is 4.77. The fourth-order valence-corrected chi connectivity index (χ4v) is 4.16. The van der Waals surface area contributed by atoms with E-state index in [2.05, 4.69) is 9.69 Å². The summed E-state index contributed by atoms with van der Waals surface area (Å²) in [4.78, 5) is 10.6. The zero-order valence-corrected chi connectivity index (χ0v) is 15.9. The molecule has 28 heavy (non-hydrogen) atoms. The number of hydrazone groups is 1. The average Bonchev–Trinajstić information content (AvgIpc) is 2.87. The van der Waals surface area contributed by atoms with Crippen molar-refractivity contribution in [3.8, 4) is 5.75 Å². The van der Waals surface area contributed by atoms with Gasteiger partial charge in [-0.25, -0.2) is 0 Å². The molecule has 2 aromatic rings. The standard InChI is InChI=1S/C21H24N3O4/c1-28-19-11-7-17(8-12-19)21(25)15-20(22-13-3-2-4-14-23(21)22)16-5-9-18(10-6-16)24(26)27/h5-12,25H,2-4,13-15H2,1H3/q+1/t21-/m1/s1. The number of hydrazine groups is 1. The van der Waals surface area contributed by atoms with E-state index in [-0.39, 0.29) is 5.69 Å². The van der Waals surface area contributed by atoms with Crippen LogP contribution in [-0.2, 0) is 5.72 Å². The van der Waals surface area contributed by atoms with Crippen molar-refractivity contribution in [2.45, 2.75) is 31.4 Å². The number of methoxy groups -OCH3 is 1. The van der Waals surface area contributed by atoms with Gasteiger partial charge < -0.3 is 9.84 Å². The van der Waals surface area contributed by atoms with E-state index >= 15 is 0 Å². The van der Waals surface area contributed by atoms with Gasteiger partial charge in [-0.05, 0) is 37.1 Å². The minimum absolute atomic E-state index is 0.0699. The Morgan fingerprint density at radius 2 is 1.82 bits per heavy atom. The molecule has 2 aromatic carbocycles. The van der Waals surface area contributed by atoms with Gasteiger partial charge in [0.25, 0.3) is 5.69 Å². The minimum Gasteiger partial charge on any atom is -0.497 e. The van der Waals surface area contributed by atoms with Crippen LogP contribution in [0.25, 0.3) is 0 Å². The topological polar surface area (TPSA) is 78.8 Å². The third kappa shape index (κ3) is 3.11. The van der Waals surface area contributed by atoms with Crippen molar-refractivity contribution in [3.05, 3.63) is 69.8 Å². The van der Waals surface area contributed by atoms with Crippen LogP contribution in [0.5, 0.6) is 5.75 Å². The van der Waals surface area contributed by atoms with Crippen molar-refractivity contribution in [2.75, 3.05) is 20.2 Å². The van der Waals surface area contributed by atoms with Gasteiger partial charge in [0, 0.05) is 29.7 Å². The van der Waals surface area contributed by atoms with Gasteiger partial charge in [-0.3, -0.25) is 10.1 Å². The van der Waals surface area contributed by atoms with Gasteiger partial charge in [0.1, 0.15) is 5.75 Å². The first kappa shape index (κ1) is 18.4. The van der Waals surface area contributed by atoms with E-state index in [9.17, 15) is 15.2 Å². The van der Waals surface area contributed by atoms with Crippen LogP contribution >= 0.6 is 0 Å². The van der Waals surface area contributed by atoms with Gasteiger partial charge in [0.05, 0.1) is 25.0 Å². The van der Waals surface area contributed by atoms with Gasteiger partial charge in [-0.15, -0.1) is 9.69 Å². The summed E-state index contributed by atoms with van der Waals surface area (Å²) in [5.41, 5.74) is 1.64. The van der Waals surface area contributed by atoms with Crippen molar-refractivity contribution in [1.82, 2.24) is 5.01 Å². The molecule has 2 aliphatic heterocycles. The maximum atomic E-state index is 11.7. The Labute approximate surface area is 163 Å². The smallest absolute Gasteiger partial charge is 0.269 e. The Balaban J connectivity index is 1.75. The molecular formula is C21H24N3O4+. The highest BCUT2D eigenvalue weighted by atomic mass is 16.6. The summed E-state index contributed by atoms with van der Waals surface area (Å²) in [6.45, 7) is 1.59. The van der Waals surface area contributed by atoms with E-state index in [1.165, 1.54) is 12.1 Å². The highest BCUT2D eigenvalue weighted by Gasteiger charge is 2.52. The van der Waals surface area contributed by atoms with E-state index < -0.39 is 10.6 Å². The molecule has 1 saturated heterocycles. The van der Waals surface area contributed by atoms with Gasteiger partial charge in [0.15, 0.2) is 6.54 Å². The maximum Gasteiger partial charge on any atom is 0.269 e. The molecule has 1 N–H and O–H groups in total. The highest BCUT2D eigenvalue weighted by molar-refractivity contribution is 5.98. The summed E-state index contributed by atoms with van der Waals surface area (Å²) in [6, 6.07) is 14.1. The molecule has 7 nitrogen and oxygen atoms in total. The lowest BCUT2D eigenvalue weighted by Crippen LogP contribution is -2.46. The molecule has 1 fully saturated rings. The van der Waals surface area contributed by atoms with E-state index in [1.54, 1.807) is 19.2 Å². The number of hydrogen-bond donors (Lipinski definition) is 1. The first-order chi connectivity index (χ1) is 13.5. The van der Waals surface area contributed by atoms with Crippen LogP contribution in [0.3, 0.4) is 0 Å². The van der Waals surface area contributed by atoms with Gasteiger partial charge in [0.2, 0.25) is 11.4 Å². The van der Waals surface area contributed by atoms with Crippen molar-refractivity contribution >= 4 is 11.4 Å². The zero-order chi connectivity index (χ0) is 19.7. The first-order valence-corrected chi connectivity index (χ1v) is 9.55. The van der Waals surface area contributed by atoms with E-state index in [0.29, 0.717) is 6.42 Å². The molecule has 4 rings (SSSR count). The molecule has 2 aliphatic rings. The number of nitro groups is 1. The van der Waals surface area contributed by atoms with Gasteiger partial charge >= 0.3 is 0 Å². The molecule has 146 valence electrons.